The highest BCUT2D eigenvalue weighted by Crippen LogP contribution is 2.46. The summed E-state index contributed by atoms with van der Waals surface area (Å²) in [6.07, 6.45) is 0. The van der Waals surface area contributed by atoms with Crippen LogP contribution in [0.3, 0.4) is 0 Å². The Hall–Kier alpha value is -8.25. The molecule has 4 nitrogen and oxygen atoms in total. The number of thiophene rings is 1. The molecule has 11 aromatic carbocycles. The van der Waals surface area contributed by atoms with Gasteiger partial charge in [-0.2, -0.15) is 9.97 Å². The summed E-state index contributed by atoms with van der Waals surface area (Å²) in [6, 6.07) is 74.5. The molecule has 0 saturated carbocycles. The molecule has 0 radical (unpaired) electrons. The Bertz CT molecular complexity index is 4180. The molecule has 64 heavy (non-hydrogen) atoms. The molecule has 0 spiro atoms. The molecule has 0 fully saturated rings. The number of nitrogens with zero attached hydrogens (tertiary/aromatic N) is 4. The van der Waals surface area contributed by atoms with Crippen molar-refractivity contribution in [2.45, 2.75) is 0 Å². The van der Waals surface area contributed by atoms with E-state index in [0.29, 0.717) is 17.6 Å². The third-order valence-electron chi connectivity index (χ3n) is 13.2. The molecule has 0 atom stereocenters. The first-order chi connectivity index (χ1) is 31.7. The second kappa shape index (κ2) is 13.6. The highest BCUT2D eigenvalue weighted by atomic mass is 32.1. The molecule has 3 heterocycles. The van der Waals surface area contributed by atoms with Crippen molar-refractivity contribution in [3.8, 4) is 39.9 Å². The van der Waals surface area contributed by atoms with Crippen molar-refractivity contribution in [1.29, 1.82) is 0 Å². The second-order valence-corrected chi connectivity index (χ2v) is 17.8. The van der Waals surface area contributed by atoms with E-state index in [1.165, 1.54) is 63.3 Å². The van der Waals surface area contributed by atoms with Gasteiger partial charge in [-0.1, -0.05) is 176 Å². The highest BCUT2D eigenvalue weighted by Gasteiger charge is 2.25. The fraction of sp³-hybridized carbons (Fsp3) is 0. The molecule has 0 amide bonds. The van der Waals surface area contributed by atoms with Crippen LogP contribution in [0.4, 0.5) is 0 Å². The Labute approximate surface area is 371 Å². The zero-order chi connectivity index (χ0) is 41.9. The average molecular weight is 831 g/mol. The van der Waals surface area contributed by atoms with Gasteiger partial charge in [0.25, 0.3) is 0 Å². The molecule has 14 aromatic rings. The Morgan fingerprint density at radius 1 is 0.312 bits per heavy atom. The van der Waals surface area contributed by atoms with Crippen LogP contribution < -0.4 is 0 Å². The van der Waals surface area contributed by atoms with Gasteiger partial charge in [0.2, 0.25) is 5.95 Å². The summed E-state index contributed by atoms with van der Waals surface area (Å²) < 4.78 is 4.91. The lowest BCUT2D eigenvalue weighted by Crippen LogP contribution is -2.07. The first kappa shape index (κ1) is 35.4. The minimum atomic E-state index is 0.572. The summed E-state index contributed by atoms with van der Waals surface area (Å²) in [7, 11) is 0. The van der Waals surface area contributed by atoms with E-state index in [4.69, 9.17) is 15.0 Å². The van der Waals surface area contributed by atoms with E-state index in [1.54, 1.807) is 0 Å². The van der Waals surface area contributed by atoms with Crippen LogP contribution in [-0.2, 0) is 0 Å². The molecule has 0 aliphatic carbocycles. The topological polar surface area (TPSA) is 43.6 Å². The molecule has 0 saturated heterocycles. The van der Waals surface area contributed by atoms with Crippen molar-refractivity contribution in [1.82, 2.24) is 19.5 Å². The highest BCUT2D eigenvalue weighted by molar-refractivity contribution is 7.26. The summed E-state index contributed by atoms with van der Waals surface area (Å²) in [5, 5.41) is 16.8. The molecule has 0 bridgehead atoms. The lowest BCUT2D eigenvalue weighted by molar-refractivity contribution is 0.956. The maximum absolute atomic E-state index is 5.52. The SMILES string of the molecule is c1ccc2cc(-c3nc(-c4ccc5ccccc5c4)nc(-n4c5c(-c6ccc7sc8ccc9ccccc9c8c7c6)cccc5c5c6ccccc6c6ccccc6c54)n3)ccc2c1. The number of benzene rings is 11. The number of aromatic nitrogens is 4. The molecule has 296 valence electrons. The van der Waals surface area contributed by atoms with Crippen LogP contribution >= 0.6 is 11.3 Å². The monoisotopic (exact) mass is 830 g/mol. The normalized spacial score (nSPS) is 12.1. The minimum Gasteiger partial charge on any atom is -0.277 e. The Kier molecular flexibility index (Phi) is 7.53. The zero-order valence-corrected chi connectivity index (χ0v) is 35.1. The van der Waals surface area contributed by atoms with Gasteiger partial charge in [0, 0.05) is 53.0 Å². The van der Waals surface area contributed by atoms with E-state index < -0.39 is 0 Å². The van der Waals surface area contributed by atoms with Crippen LogP contribution in [0.15, 0.2) is 206 Å². The maximum atomic E-state index is 5.52. The number of hydrogen-bond donors (Lipinski definition) is 0. The van der Waals surface area contributed by atoms with E-state index in [9.17, 15) is 0 Å². The number of para-hydroxylation sites is 1. The smallest absolute Gasteiger partial charge is 0.238 e. The van der Waals surface area contributed by atoms with Gasteiger partial charge in [-0.3, -0.25) is 4.57 Å². The average Bonchev–Trinajstić information content (AvgIpc) is 3.93. The lowest BCUT2D eigenvalue weighted by atomic mass is 9.95. The molecule has 0 unspecified atom stereocenters. The lowest BCUT2D eigenvalue weighted by Gasteiger charge is -2.15. The zero-order valence-electron chi connectivity index (χ0n) is 34.3. The van der Waals surface area contributed by atoms with Gasteiger partial charge < -0.3 is 0 Å². The molecule has 5 heteroatoms. The van der Waals surface area contributed by atoms with Crippen molar-refractivity contribution in [3.05, 3.63) is 206 Å². The summed E-state index contributed by atoms with van der Waals surface area (Å²) in [5.41, 5.74) is 6.25. The predicted octanol–water partition coefficient (Wildman–Crippen LogP) is 16.1. The van der Waals surface area contributed by atoms with Crippen LogP contribution in [-0.4, -0.2) is 19.5 Å². The summed E-state index contributed by atoms with van der Waals surface area (Å²) >= 11 is 1.86. The van der Waals surface area contributed by atoms with E-state index in [2.05, 4.69) is 211 Å². The Morgan fingerprint density at radius 2 is 0.844 bits per heavy atom. The van der Waals surface area contributed by atoms with Crippen LogP contribution in [0.1, 0.15) is 0 Å². The third-order valence-corrected chi connectivity index (χ3v) is 14.3. The van der Waals surface area contributed by atoms with Crippen molar-refractivity contribution in [2.24, 2.45) is 0 Å². The number of rotatable bonds is 4. The largest absolute Gasteiger partial charge is 0.277 e. The summed E-state index contributed by atoms with van der Waals surface area (Å²) in [4.78, 5) is 16.3. The van der Waals surface area contributed by atoms with Gasteiger partial charge in [0.05, 0.1) is 11.0 Å². The fourth-order valence-corrected chi connectivity index (χ4v) is 11.4. The van der Waals surface area contributed by atoms with E-state index in [1.807, 2.05) is 11.3 Å². The molecular weight excluding hydrogens is 797 g/mol. The van der Waals surface area contributed by atoms with Crippen LogP contribution in [0, 0.1) is 0 Å². The second-order valence-electron chi connectivity index (χ2n) is 16.7. The van der Waals surface area contributed by atoms with Crippen molar-refractivity contribution < 1.29 is 0 Å². The van der Waals surface area contributed by atoms with Gasteiger partial charge in [0.15, 0.2) is 11.6 Å². The van der Waals surface area contributed by atoms with Crippen LogP contribution in [0.2, 0.25) is 0 Å². The van der Waals surface area contributed by atoms with Crippen molar-refractivity contribution in [2.75, 3.05) is 0 Å². The van der Waals surface area contributed by atoms with Gasteiger partial charge in [0.1, 0.15) is 0 Å². The van der Waals surface area contributed by atoms with Crippen molar-refractivity contribution in [3.63, 3.8) is 0 Å². The van der Waals surface area contributed by atoms with E-state index >= 15 is 0 Å². The molecule has 0 aliphatic rings. The Balaban J connectivity index is 1.13. The van der Waals surface area contributed by atoms with Crippen molar-refractivity contribution >= 4 is 107 Å². The minimum absolute atomic E-state index is 0.572. The van der Waals surface area contributed by atoms with Crippen LogP contribution in [0.5, 0.6) is 0 Å². The van der Waals surface area contributed by atoms with E-state index in [-0.39, 0.29) is 0 Å². The predicted molar refractivity (Wildman–Crippen MR) is 271 cm³/mol. The maximum Gasteiger partial charge on any atom is 0.238 e. The molecule has 0 aliphatic heterocycles. The van der Waals surface area contributed by atoms with Gasteiger partial charge in [-0.15, -0.1) is 11.3 Å². The quantitative estimate of drug-likeness (QED) is 0.166. The number of fused-ring (bicyclic) bond motifs is 15. The third kappa shape index (κ3) is 5.25. The first-order valence-corrected chi connectivity index (χ1v) is 22.5. The first-order valence-electron chi connectivity index (χ1n) is 21.7. The summed E-state index contributed by atoms with van der Waals surface area (Å²) in [6.45, 7) is 0. The molecule has 3 aromatic heterocycles. The van der Waals surface area contributed by atoms with Gasteiger partial charge in [-0.25, -0.2) is 4.98 Å². The van der Waals surface area contributed by atoms with Crippen LogP contribution in [0.25, 0.3) is 136 Å². The fourth-order valence-electron chi connectivity index (χ4n) is 10.3. The molecule has 14 rings (SSSR count). The molecule has 0 N–H and O–H groups in total. The molecular formula is C59H34N4S. The van der Waals surface area contributed by atoms with Gasteiger partial charge >= 0.3 is 0 Å². The van der Waals surface area contributed by atoms with E-state index in [0.717, 1.165) is 54.8 Å². The number of hydrogen-bond acceptors (Lipinski definition) is 4. The standard InChI is InChI=1S/C59H34N4S/c1-3-15-38-32-41(26-24-35(38)12-1)57-60-58(42-27-25-36-13-2-4-16-39(36)33-42)62-59(61-57)63-55-44(40-29-30-51-50(34-40)53-43-17-6-5-14-37(43)28-31-52(53)64-51)22-11-23-49(55)54-47-20-9-7-18-45(47)46-19-8-10-21-48(46)56(54)63/h1-34H. The Morgan fingerprint density at radius 3 is 1.55 bits per heavy atom. The van der Waals surface area contributed by atoms with Gasteiger partial charge in [-0.05, 0) is 84.4 Å². The summed E-state index contributed by atoms with van der Waals surface area (Å²) in [5.74, 6) is 1.81.